The molecule has 0 atom stereocenters. The molecule has 6 nitrogen and oxygen atoms in total. The highest BCUT2D eigenvalue weighted by molar-refractivity contribution is 5.52. The van der Waals surface area contributed by atoms with Gasteiger partial charge in [-0.1, -0.05) is 17.2 Å². The van der Waals surface area contributed by atoms with Gasteiger partial charge < -0.3 is 4.90 Å². The van der Waals surface area contributed by atoms with Crippen LogP contribution >= 0.6 is 0 Å². The number of hydrogen-bond acceptors (Lipinski definition) is 4. The summed E-state index contributed by atoms with van der Waals surface area (Å²) in [5, 5.41) is 12.0. The van der Waals surface area contributed by atoms with E-state index in [0.29, 0.717) is 6.54 Å². The summed E-state index contributed by atoms with van der Waals surface area (Å²) in [6.45, 7) is 5.18. The molecule has 0 bridgehead atoms. The van der Waals surface area contributed by atoms with E-state index in [1.165, 1.54) is 0 Å². The van der Waals surface area contributed by atoms with Crippen molar-refractivity contribution in [3.05, 3.63) is 71.5 Å². The van der Waals surface area contributed by atoms with E-state index in [1.54, 1.807) is 0 Å². The lowest BCUT2D eigenvalue weighted by Crippen LogP contribution is -2.18. The molecule has 0 aliphatic rings. The minimum atomic E-state index is 0.513. The van der Waals surface area contributed by atoms with Crippen LogP contribution in [0, 0.1) is 6.92 Å². The summed E-state index contributed by atoms with van der Waals surface area (Å²) in [4.78, 5) is 4.86. The molecule has 0 saturated carbocycles. The second-order valence-corrected chi connectivity index (χ2v) is 5.11. The summed E-state index contributed by atoms with van der Waals surface area (Å²) in [7, 11) is 2.01. The summed E-state index contributed by atoms with van der Waals surface area (Å²) in [6, 6.07) is 15.4. The van der Waals surface area contributed by atoms with Crippen molar-refractivity contribution in [2.24, 2.45) is 15.3 Å². The maximum atomic E-state index is 8.25. The fourth-order valence-corrected chi connectivity index (χ4v) is 2.00. The molecule has 0 saturated heterocycles. The molecule has 23 heavy (non-hydrogen) atoms. The summed E-state index contributed by atoms with van der Waals surface area (Å²) in [5.41, 5.74) is 11.9. The molecule has 0 N–H and O–H groups in total. The van der Waals surface area contributed by atoms with Gasteiger partial charge in [-0.15, -0.1) is 0 Å². The Morgan fingerprint density at radius 1 is 1.00 bits per heavy atom. The molecule has 0 unspecified atom stereocenters. The van der Waals surface area contributed by atoms with E-state index >= 15 is 0 Å². The number of nitrogens with zero attached hydrogens (tertiary/aromatic N) is 6. The zero-order chi connectivity index (χ0) is 16.5. The highest BCUT2D eigenvalue weighted by atomic mass is 15.1. The van der Waals surface area contributed by atoms with Crippen LogP contribution in [-0.4, -0.2) is 20.1 Å². The van der Waals surface area contributed by atoms with E-state index in [1.807, 2.05) is 55.6 Å². The Balaban J connectivity index is 1.93. The third-order valence-corrected chi connectivity index (χ3v) is 3.32. The zero-order valence-electron chi connectivity index (χ0n) is 13.1. The average Bonchev–Trinajstić information content (AvgIpc) is 2.58. The fraction of sp³-hybridized carbons (Fsp3) is 0.235. The van der Waals surface area contributed by atoms with Gasteiger partial charge in [-0.05, 0) is 60.8 Å². The minimum Gasteiger partial charge on any atom is -0.375 e. The Morgan fingerprint density at radius 2 is 1.57 bits per heavy atom. The van der Waals surface area contributed by atoms with Crippen LogP contribution in [0.15, 0.2) is 63.9 Å². The zero-order valence-corrected chi connectivity index (χ0v) is 13.1. The predicted octanol–water partition coefficient (Wildman–Crippen LogP) is 5.42. The smallest absolute Gasteiger partial charge is 0.0858 e. The van der Waals surface area contributed by atoms with Crippen molar-refractivity contribution >= 4 is 17.1 Å². The molecule has 0 aromatic heterocycles. The number of azide groups is 1. The van der Waals surface area contributed by atoms with Crippen molar-refractivity contribution in [1.82, 2.24) is 0 Å². The van der Waals surface area contributed by atoms with E-state index in [2.05, 4.69) is 32.1 Å². The highest BCUT2D eigenvalue weighted by Crippen LogP contribution is 2.22. The number of benzene rings is 2. The van der Waals surface area contributed by atoms with Gasteiger partial charge in [-0.2, -0.15) is 10.2 Å². The van der Waals surface area contributed by atoms with Crippen molar-refractivity contribution < 1.29 is 0 Å². The Hall–Kier alpha value is -2.85. The van der Waals surface area contributed by atoms with Gasteiger partial charge in [0.2, 0.25) is 0 Å². The maximum Gasteiger partial charge on any atom is 0.0858 e. The van der Waals surface area contributed by atoms with Crippen LogP contribution in [0.5, 0.6) is 0 Å². The van der Waals surface area contributed by atoms with E-state index in [4.69, 9.17) is 5.53 Å². The highest BCUT2D eigenvalue weighted by Gasteiger charge is 2.00. The monoisotopic (exact) mass is 307 g/mol. The topological polar surface area (TPSA) is 76.7 Å². The third kappa shape index (κ3) is 5.45. The lowest BCUT2D eigenvalue weighted by atomic mass is 10.2. The molecule has 0 aliphatic heterocycles. The van der Waals surface area contributed by atoms with Crippen LogP contribution < -0.4 is 4.90 Å². The van der Waals surface area contributed by atoms with Crippen LogP contribution in [0.2, 0.25) is 0 Å². The van der Waals surface area contributed by atoms with E-state index < -0.39 is 0 Å². The Morgan fingerprint density at radius 3 is 2.13 bits per heavy atom. The predicted molar refractivity (Wildman–Crippen MR) is 93.4 cm³/mol. The Labute approximate surface area is 136 Å². The SMILES string of the molecule is [CH2]c1ccc(N=Nc2ccc(N(C)CCCN=[N+]=[N-])cc2)cc1. The summed E-state index contributed by atoms with van der Waals surface area (Å²) in [6.07, 6.45) is 0.824. The number of azo groups is 1. The normalized spacial score (nSPS) is 10.5. The molecule has 0 spiro atoms. The van der Waals surface area contributed by atoms with Crippen molar-refractivity contribution in [2.75, 3.05) is 25.0 Å². The van der Waals surface area contributed by atoms with Gasteiger partial charge in [-0.25, -0.2) is 0 Å². The lowest BCUT2D eigenvalue weighted by Gasteiger charge is -2.18. The first kappa shape index (κ1) is 16.5. The first-order valence-corrected chi connectivity index (χ1v) is 7.35. The minimum absolute atomic E-state index is 0.513. The van der Waals surface area contributed by atoms with Crippen molar-refractivity contribution in [3.8, 4) is 0 Å². The third-order valence-electron chi connectivity index (χ3n) is 3.32. The molecule has 2 rings (SSSR count). The first-order valence-electron chi connectivity index (χ1n) is 7.35. The molecular formula is C17H19N6. The summed E-state index contributed by atoms with van der Waals surface area (Å²) < 4.78 is 0. The van der Waals surface area contributed by atoms with E-state index in [0.717, 1.165) is 35.6 Å². The van der Waals surface area contributed by atoms with Gasteiger partial charge >= 0.3 is 0 Å². The lowest BCUT2D eigenvalue weighted by molar-refractivity contribution is 0.792. The number of hydrogen-bond donors (Lipinski definition) is 0. The summed E-state index contributed by atoms with van der Waals surface area (Å²) >= 11 is 0. The molecule has 0 fully saturated rings. The van der Waals surface area contributed by atoms with E-state index in [-0.39, 0.29) is 0 Å². The van der Waals surface area contributed by atoms with Crippen LogP contribution in [0.1, 0.15) is 12.0 Å². The van der Waals surface area contributed by atoms with Gasteiger partial charge in [0, 0.05) is 30.7 Å². The standard InChI is InChI=1S/C17H19N6/c1-14-4-6-15(7-5-14)20-21-16-8-10-17(11-9-16)23(2)13-3-12-19-22-18/h4-11H,1,3,12-13H2,2H3. The molecule has 2 aromatic carbocycles. The molecular weight excluding hydrogens is 288 g/mol. The average molecular weight is 307 g/mol. The van der Waals surface area contributed by atoms with Crippen molar-refractivity contribution in [3.63, 3.8) is 0 Å². The quantitative estimate of drug-likeness (QED) is 0.291. The van der Waals surface area contributed by atoms with Gasteiger partial charge in [0.15, 0.2) is 0 Å². The Kier molecular flexibility index (Phi) is 6.15. The van der Waals surface area contributed by atoms with Crippen LogP contribution in [0.25, 0.3) is 10.4 Å². The van der Waals surface area contributed by atoms with Crippen molar-refractivity contribution in [2.45, 2.75) is 6.42 Å². The molecule has 2 aromatic rings. The second-order valence-electron chi connectivity index (χ2n) is 5.11. The van der Waals surface area contributed by atoms with E-state index in [9.17, 15) is 0 Å². The van der Waals surface area contributed by atoms with Gasteiger partial charge in [-0.3, -0.25) is 0 Å². The molecule has 0 amide bonds. The van der Waals surface area contributed by atoms with Crippen LogP contribution in [0.4, 0.5) is 17.1 Å². The molecule has 0 heterocycles. The van der Waals surface area contributed by atoms with Crippen molar-refractivity contribution in [1.29, 1.82) is 0 Å². The molecule has 1 radical (unpaired) electrons. The number of anilines is 1. The molecule has 117 valence electrons. The summed E-state index contributed by atoms with van der Waals surface area (Å²) in [5.74, 6) is 0. The Bertz CT molecular complexity index is 684. The molecule has 6 heteroatoms. The first-order chi connectivity index (χ1) is 11.2. The van der Waals surface area contributed by atoms with Gasteiger partial charge in [0.05, 0.1) is 11.4 Å². The largest absolute Gasteiger partial charge is 0.375 e. The van der Waals surface area contributed by atoms with Gasteiger partial charge in [0.25, 0.3) is 0 Å². The van der Waals surface area contributed by atoms with Crippen LogP contribution in [0.3, 0.4) is 0 Å². The van der Waals surface area contributed by atoms with Crippen LogP contribution in [-0.2, 0) is 0 Å². The maximum absolute atomic E-state index is 8.25. The molecule has 0 aliphatic carbocycles. The second kappa shape index (κ2) is 8.56. The fourth-order valence-electron chi connectivity index (χ4n) is 2.00. The number of rotatable bonds is 7. The van der Waals surface area contributed by atoms with Gasteiger partial charge in [0.1, 0.15) is 0 Å².